The molecule has 1 aliphatic heterocycles. The minimum atomic E-state index is -0.897. The third-order valence-electron chi connectivity index (χ3n) is 7.72. The van der Waals surface area contributed by atoms with Gasteiger partial charge in [-0.1, -0.05) is 102 Å². The average Bonchev–Trinajstić information content (AvgIpc) is 3.00. The van der Waals surface area contributed by atoms with E-state index in [4.69, 9.17) is 28.3 Å². The number of aliphatic hydroxyl groups is 1. The van der Waals surface area contributed by atoms with Gasteiger partial charge in [0.2, 0.25) is 5.91 Å². The molecule has 43 heavy (non-hydrogen) atoms. The predicted molar refractivity (Wildman–Crippen MR) is 165 cm³/mol. The minimum absolute atomic E-state index is 0.0558. The summed E-state index contributed by atoms with van der Waals surface area (Å²) in [6.07, 6.45) is 0.464. The molecule has 3 atom stereocenters. The zero-order valence-corrected chi connectivity index (χ0v) is 24.6. The molecule has 4 aromatic rings. The molecule has 0 bridgehead atoms. The fourth-order valence-electron chi connectivity index (χ4n) is 5.72. The van der Waals surface area contributed by atoms with E-state index in [1.54, 1.807) is 59.5 Å². The Morgan fingerprint density at radius 3 is 2.21 bits per heavy atom. The van der Waals surface area contributed by atoms with E-state index in [1.807, 2.05) is 42.5 Å². The molecule has 0 aliphatic carbocycles. The lowest BCUT2D eigenvalue weighted by Crippen LogP contribution is -2.49. The smallest absolute Gasteiger partial charge is 0.307 e. The first kappa shape index (κ1) is 30.3. The van der Waals surface area contributed by atoms with Gasteiger partial charge in [0.25, 0.3) is 5.91 Å². The number of benzene rings is 4. The SMILES string of the molecule is O=C(O)Cc1ccc(CCNC(=O)[C@@H]2c3ccccc3C(=O)N([C@H](CO)c3ccccc3)[C@H]2c2ccc(Cl)cc2Cl)cc1. The van der Waals surface area contributed by atoms with Crippen LogP contribution < -0.4 is 5.32 Å². The summed E-state index contributed by atoms with van der Waals surface area (Å²) in [5.74, 6) is -2.36. The molecule has 9 heteroatoms. The lowest BCUT2D eigenvalue weighted by molar-refractivity contribution is -0.136. The van der Waals surface area contributed by atoms with E-state index in [1.165, 1.54) is 0 Å². The van der Waals surface area contributed by atoms with Gasteiger partial charge in [-0.05, 0) is 52.4 Å². The number of rotatable bonds is 10. The van der Waals surface area contributed by atoms with Crippen molar-refractivity contribution in [1.82, 2.24) is 10.2 Å². The molecular weight excluding hydrogens is 587 g/mol. The molecule has 2 amide bonds. The molecular formula is C34H30Cl2N2O5. The van der Waals surface area contributed by atoms with Gasteiger partial charge in [-0.15, -0.1) is 0 Å². The Morgan fingerprint density at radius 2 is 1.53 bits per heavy atom. The first-order chi connectivity index (χ1) is 20.8. The second kappa shape index (κ2) is 13.4. The lowest BCUT2D eigenvalue weighted by Gasteiger charge is -2.45. The van der Waals surface area contributed by atoms with E-state index in [9.17, 15) is 19.5 Å². The van der Waals surface area contributed by atoms with E-state index in [-0.39, 0.29) is 24.8 Å². The second-order valence-corrected chi connectivity index (χ2v) is 11.3. The van der Waals surface area contributed by atoms with Crippen LogP contribution in [0.2, 0.25) is 10.0 Å². The Kier molecular flexibility index (Phi) is 9.46. The van der Waals surface area contributed by atoms with Crippen LogP contribution in [-0.4, -0.2) is 46.0 Å². The van der Waals surface area contributed by atoms with Crippen LogP contribution in [0.3, 0.4) is 0 Å². The number of hydrogen-bond acceptors (Lipinski definition) is 4. The summed E-state index contributed by atoms with van der Waals surface area (Å²) in [6, 6.07) is 26.8. The van der Waals surface area contributed by atoms with Crippen molar-refractivity contribution >= 4 is 41.0 Å². The van der Waals surface area contributed by atoms with Gasteiger partial charge in [0, 0.05) is 22.2 Å². The fraction of sp³-hybridized carbons (Fsp3) is 0.206. The first-order valence-corrected chi connectivity index (χ1v) is 14.6. The van der Waals surface area contributed by atoms with Crippen LogP contribution in [0.1, 0.15) is 56.2 Å². The van der Waals surface area contributed by atoms with Crippen LogP contribution in [0.4, 0.5) is 0 Å². The van der Waals surface area contributed by atoms with Crippen molar-refractivity contribution in [3.63, 3.8) is 0 Å². The third kappa shape index (κ3) is 6.59. The zero-order valence-electron chi connectivity index (χ0n) is 23.1. The number of nitrogens with one attached hydrogen (secondary N) is 1. The number of hydrogen-bond donors (Lipinski definition) is 3. The Labute approximate surface area is 259 Å². The van der Waals surface area contributed by atoms with Crippen LogP contribution >= 0.6 is 23.2 Å². The van der Waals surface area contributed by atoms with Crippen LogP contribution in [-0.2, 0) is 22.4 Å². The van der Waals surface area contributed by atoms with Gasteiger partial charge in [-0.25, -0.2) is 0 Å². The normalized spacial score (nSPS) is 16.8. The van der Waals surface area contributed by atoms with Crippen molar-refractivity contribution in [2.24, 2.45) is 0 Å². The summed E-state index contributed by atoms with van der Waals surface area (Å²) in [6.45, 7) is -0.0568. The second-order valence-electron chi connectivity index (χ2n) is 10.4. The van der Waals surface area contributed by atoms with Crippen molar-refractivity contribution in [1.29, 1.82) is 0 Å². The molecule has 3 N–H and O–H groups in total. The molecule has 4 aromatic carbocycles. The van der Waals surface area contributed by atoms with Gasteiger partial charge >= 0.3 is 5.97 Å². The van der Waals surface area contributed by atoms with E-state index in [0.717, 1.165) is 11.1 Å². The van der Waals surface area contributed by atoms with E-state index in [0.29, 0.717) is 45.3 Å². The number of carboxylic acid groups (broad SMARTS) is 1. The van der Waals surface area contributed by atoms with E-state index in [2.05, 4.69) is 5.32 Å². The third-order valence-corrected chi connectivity index (χ3v) is 8.29. The topological polar surface area (TPSA) is 107 Å². The number of aliphatic carboxylic acids is 1. The number of fused-ring (bicyclic) bond motifs is 1. The van der Waals surface area contributed by atoms with Crippen LogP contribution in [0, 0.1) is 0 Å². The molecule has 0 saturated carbocycles. The number of halogens is 2. The van der Waals surface area contributed by atoms with Crippen molar-refractivity contribution in [3.8, 4) is 0 Å². The molecule has 220 valence electrons. The van der Waals surface area contributed by atoms with Gasteiger partial charge in [-0.3, -0.25) is 14.4 Å². The Hall–Kier alpha value is -4.17. The first-order valence-electron chi connectivity index (χ1n) is 13.9. The Bertz CT molecular complexity index is 1630. The number of carbonyl (C=O) groups is 3. The maximum Gasteiger partial charge on any atom is 0.307 e. The zero-order chi connectivity index (χ0) is 30.5. The minimum Gasteiger partial charge on any atom is -0.481 e. The highest BCUT2D eigenvalue weighted by atomic mass is 35.5. The summed E-state index contributed by atoms with van der Waals surface area (Å²) < 4.78 is 0. The Morgan fingerprint density at radius 1 is 0.860 bits per heavy atom. The Balaban J connectivity index is 1.52. The van der Waals surface area contributed by atoms with Crippen molar-refractivity contribution < 1.29 is 24.6 Å². The number of nitrogens with zero attached hydrogens (tertiary/aromatic N) is 1. The molecule has 0 saturated heterocycles. The van der Waals surface area contributed by atoms with Gasteiger partial charge < -0.3 is 20.4 Å². The molecule has 7 nitrogen and oxygen atoms in total. The highest BCUT2D eigenvalue weighted by molar-refractivity contribution is 6.35. The molecule has 0 unspecified atom stereocenters. The predicted octanol–water partition coefficient (Wildman–Crippen LogP) is 5.99. The monoisotopic (exact) mass is 616 g/mol. The standard InChI is InChI=1S/C34H30Cl2N2O5/c35-24-14-15-27(28(36)19-24)32-31(33(42)37-17-16-21-10-12-22(13-11-21)18-30(40)41)25-8-4-5-9-26(25)34(43)38(32)29(20-39)23-6-2-1-3-7-23/h1-15,19,29,31-32,39H,16-18,20H2,(H,37,42)(H,40,41)/t29-,31-,32+/m1/s1. The highest BCUT2D eigenvalue weighted by Gasteiger charge is 2.47. The fourth-order valence-corrected chi connectivity index (χ4v) is 6.24. The van der Waals surface area contributed by atoms with Crippen molar-refractivity contribution in [2.75, 3.05) is 13.2 Å². The van der Waals surface area contributed by atoms with Crippen LogP contribution in [0.15, 0.2) is 97.1 Å². The summed E-state index contributed by atoms with van der Waals surface area (Å²) in [4.78, 5) is 40.9. The van der Waals surface area contributed by atoms with Crippen LogP contribution in [0.25, 0.3) is 0 Å². The van der Waals surface area contributed by atoms with Gasteiger partial charge in [0.15, 0.2) is 0 Å². The maximum atomic E-state index is 14.2. The number of amides is 2. The van der Waals surface area contributed by atoms with Crippen molar-refractivity contribution in [3.05, 3.63) is 140 Å². The van der Waals surface area contributed by atoms with Gasteiger partial charge in [0.1, 0.15) is 0 Å². The molecule has 1 aliphatic rings. The number of carbonyl (C=O) groups excluding carboxylic acids is 2. The van der Waals surface area contributed by atoms with Gasteiger partial charge in [-0.2, -0.15) is 0 Å². The molecule has 1 heterocycles. The summed E-state index contributed by atoms with van der Waals surface area (Å²) in [5.41, 5.74) is 3.85. The summed E-state index contributed by atoms with van der Waals surface area (Å²) in [7, 11) is 0. The van der Waals surface area contributed by atoms with Gasteiger partial charge in [0.05, 0.1) is 31.0 Å². The van der Waals surface area contributed by atoms with E-state index < -0.39 is 24.0 Å². The largest absolute Gasteiger partial charge is 0.481 e. The molecule has 5 rings (SSSR count). The quantitative estimate of drug-likeness (QED) is 0.203. The lowest BCUT2D eigenvalue weighted by atomic mass is 9.78. The molecule has 0 radical (unpaired) electrons. The average molecular weight is 618 g/mol. The van der Waals surface area contributed by atoms with E-state index >= 15 is 0 Å². The highest BCUT2D eigenvalue weighted by Crippen LogP contribution is 2.48. The van der Waals surface area contributed by atoms with Crippen LogP contribution in [0.5, 0.6) is 0 Å². The molecule has 0 spiro atoms. The summed E-state index contributed by atoms with van der Waals surface area (Å²) >= 11 is 13.0. The molecule has 0 fully saturated rings. The summed E-state index contributed by atoms with van der Waals surface area (Å²) in [5, 5.41) is 23.4. The molecule has 0 aromatic heterocycles. The van der Waals surface area contributed by atoms with Crippen molar-refractivity contribution in [2.45, 2.75) is 30.8 Å². The number of carboxylic acids is 1. The number of aliphatic hydroxyl groups excluding tert-OH is 1. The maximum absolute atomic E-state index is 14.2.